The van der Waals surface area contributed by atoms with Gasteiger partial charge in [-0.1, -0.05) is 18.2 Å². The standard InChI is InChI=1S/C14H18N2O4/c1-2-15-14(20)11(8-9-12(17)18)16-13(19)10-6-4-3-5-7-10/h3-7,11H,2,8-9H2,1H3,(H,15,20)(H,16,19)(H,17,18). The van der Waals surface area contributed by atoms with Crippen LogP contribution in [0.1, 0.15) is 30.1 Å². The molecule has 1 unspecified atom stereocenters. The molecule has 6 nitrogen and oxygen atoms in total. The third-order valence-electron chi connectivity index (χ3n) is 2.66. The monoisotopic (exact) mass is 278 g/mol. The predicted molar refractivity (Wildman–Crippen MR) is 73.2 cm³/mol. The van der Waals surface area contributed by atoms with Crippen molar-refractivity contribution in [1.29, 1.82) is 0 Å². The van der Waals surface area contributed by atoms with Gasteiger partial charge in [0.15, 0.2) is 0 Å². The molecule has 0 saturated carbocycles. The van der Waals surface area contributed by atoms with Crippen LogP contribution in [0.3, 0.4) is 0 Å². The van der Waals surface area contributed by atoms with E-state index in [1.165, 1.54) is 0 Å². The first kappa shape index (κ1) is 15.7. The Morgan fingerprint density at radius 3 is 2.40 bits per heavy atom. The zero-order valence-electron chi connectivity index (χ0n) is 11.3. The van der Waals surface area contributed by atoms with Crippen LogP contribution in [0, 0.1) is 0 Å². The summed E-state index contributed by atoms with van der Waals surface area (Å²) in [6.07, 6.45) is -0.128. The van der Waals surface area contributed by atoms with Crippen LogP contribution in [0.2, 0.25) is 0 Å². The van der Waals surface area contributed by atoms with Crippen molar-refractivity contribution in [2.75, 3.05) is 6.54 Å². The van der Waals surface area contributed by atoms with Crippen LogP contribution in [0.25, 0.3) is 0 Å². The smallest absolute Gasteiger partial charge is 0.303 e. The molecule has 3 N–H and O–H groups in total. The lowest BCUT2D eigenvalue weighted by Gasteiger charge is -2.17. The maximum Gasteiger partial charge on any atom is 0.303 e. The summed E-state index contributed by atoms with van der Waals surface area (Å²) in [7, 11) is 0. The second-order valence-corrected chi connectivity index (χ2v) is 4.22. The fourth-order valence-electron chi connectivity index (χ4n) is 1.67. The topological polar surface area (TPSA) is 95.5 Å². The van der Waals surface area contributed by atoms with E-state index in [-0.39, 0.29) is 18.7 Å². The third kappa shape index (κ3) is 5.09. The molecule has 20 heavy (non-hydrogen) atoms. The van der Waals surface area contributed by atoms with Gasteiger partial charge < -0.3 is 15.7 Å². The number of benzene rings is 1. The molecule has 1 aromatic carbocycles. The summed E-state index contributed by atoms with van der Waals surface area (Å²) >= 11 is 0. The van der Waals surface area contributed by atoms with Gasteiger partial charge in [0.1, 0.15) is 6.04 Å². The Bertz CT molecular complexity index is 473. The maximum absolute atomic E-state index is 12.0. The number of hydrogen-bond acceptors (Lipinski definition) is 3. The Kier molecular flexibility index (Phi) is 6.22. The number of carboxylic acids is 1. The molecule has 1 aromatic rings. The molecule has 0 aliphatic heterocycles. The summed E-state index contributed by atoms with van der Waals surface area (Å²) in [5, 5.41) is 13.8. The van der Waals surface area contributed by atoms with Gasteiger partial charge in [0.05, 0.1) is 0 Å². The molecule has 0 aliphatic carbocycles. The molecule has 2 amide bonds. The Balaban J connectivity index is 2.70. The number of carbonyl (C=O) groups excluding carboxylic acids is 2. The molecule has 1 rings (SSSR count). The Labute approximate surface area is 117 Å². The predicted octanol–water partition coefficient (Wildman–Crippen LogP) is 0.786. The van der Waals surface area contributed by atoms with Crippen molar-refractivity contribution in [2.24, 2.45) is 0 Å². The first-order valence-corrected chi connectivity index (χ1v) is 6.40. The lowest BCUT2D eigenvalue weighted by Crippen LogP contribution is -2.46. The Hall–Kier alpha value is -2.37. The first-order valence-electron chi connectivity index (χ1n) is 6.40. The summed E-state index contributed by atoms with van der Waals surface area (Å²) < 4.78 is 0. The van der Waals surface area contributed by atoms with E-state index in [9.17, 15) is 14.4 Å². The van der Waals surface area contributed by atoms with Crippen molar-refractivity contribution in [2.45, 2.75) is 25.8 Å². The van der Waals surface area contributed by atoms with Crippen LogP contribution in [-0.4, -0.2) is 35.5 Å². The minimum Gasteiger partial charge on any atom is -0.481 e. The highest BCUT2D eigenvalue weighted by Gasteiger charge is 2.21. The molecular formula is C14H18N2O4. The zero-order chi connectivity index (χ0) is 15.0. The average Bonchev–Trinajstić information content (AvgIpc) is 2.44. The molecule has 0 saturated heterocycles. The van der Waals surface area contributed by atoms with Crippen LogP contribution >= 0.6 is 0 Å². The third-order valence-corrected chi connectivity index (χ3v) is 2.66. The van der Waals surface area contributed by atoms with E-state index in [1.54, 1.807) is 37.3 Å². The van der Waals surface area contributed by atoms with Crippen molar-refractivity contribution in [3.63, 3.8) is 0 Å². The van der Waals surface area contributed by atoms with Crippen LogP contribution < -0.4 is 10.6 Å². The van der Waals surface area contributed by atoms with E-state index in [2.05, 4.69) is 10.6 Å². The van der Waals surface area contributed by atoms with Crippen molar-refractivity contribution >= 4 is 17.8 Å². The van der Waals surface area contributed by atoms with Crippen molar-refractivity contribution in [1.82, 2.24) is 10.6 Å². The minimum absolute atomic E-state index is 0.0553. The summed E-state index contributed by atoms with van der Waals surface area (Å²) in [5.74, 6) is -1.78. The highest BCUT2D eigenvalue weighted by Crippen LogP contribution is 2.03. The van der Waals surface area contributed by atoms with Gasteiger partial charge in [-0.3, -0.25) is 14.4 Å². The molecule has 0 heterocycles. The van der Waals surface area contributed by atoms with Gasteiger partial charge in [-0.15, -0.1) is 0 Å². The van der Waals surface area contributed by atoms with Crippen LogP contribution in [-0.2, 0) is 9.59 Å². The van der Waals surface area contributed by atoms with E-state index >= 15 is 0 Å². The quantitative estimate of drug-likeness (QED) is 0.687. The average molecular weight is 278 g/mol. The van der Waals surface area contributed by atoms with Crippen LogP contribution in [0.4, 0.5) is 0 Å². The fourth-order valence-corrected chi connectivity index (χ4v) is 1.67. The number of carbonyl (C=O) groups is 3. The molecule has 6 heteroatoms. The van der Waals surface area contributed by atoms with Gasteiger partial charge >= 0.3 is 5.97 Å². The van der Waals surface area contributed by atoms with Gasteiger partial charge in [0.2, 0.25) is 5.91 Å². The minimum atomic E-state index is -1.01. The van der Waals surface area contributed by atoms with Gasteiger partial charge in [-0.2, -0.15) is 0 Å². The van der Waals surface area contributed by atoms with E-state index < -0.39 is 17.9 Å². The fraction of sp³-hybridized carbons (Fsp3) is 0.357. The van der Waals surface area contributed by atoms with Gasteiger partial charge in [-0.05, 0) is 25.5 Å². The summed E-state index contributed by atoms with van der Waals surface area (Å²) in [5.41, 5.74) is 0.428. The van der Waals surface area contributed by atoms with E-state index in [0.29, 0.717) is 12.1 Å². The normalized spacial score (nSPS) is 11.4. The molecule has 0 spiro atoms. The zero-order valence-corrected chi connectivity index (χ0v) is 11.3. The van der Waals surface area contributed by atoms with Crippen molar-refractivity contribution in [3.8, 4) is 0 Å². The van der Waals surface area contributed by atoms with Crippen molar-refractivity contribution < 1.29 is 19.5 Å². The number of carboxylic acid groups (broad SMARTS) is 1. The molecule has 1 atom stereocenters. The van der Waals surface area contributed by atoms with E-state index in [4.69, 9.17) is 5.11 Å². The molecule has 0 bridgehead atoms. The van der Waals surface area contributed by atoms with Gasteiger partial charge in [0, 0.05) is 18.5 Å². The molecule has 0 aromatic heterocycles. The summed E-state index contributed by atoms with van der Waals surface area (Å²) in [6.45, 7) is 2.18. The van der Waals surface area contributed by atoms with Crippen LogP contribution in [0.5, 0.6) is 0 Å². The lowest BCUT2D eigenvalue weighted by molar-refractivity contribution is -0.137. The van der Waals surface area contributed by atoms with Gasteiger partial charge in [-0.25, -0.2) is 0 Å². The molecule has 0 aliphatic rings. The molecular weight excluding hydrogens is 260 g/mol. The largest absolute Gasteiger partial charge is 0.481 e. The second kappa shape index (κ2) is 7.93. The highest BCUT2D eigenvalue weighted by molar-refractivity contribution is 5.97. The highest BCUT2D eigenvalue weighted by atomic mass is 16.4. The lowest BCUT2D eigenvalue weighted by atomic mass is 10.1. The maximum atomic E-state index is 12.0. The van der Waals surface area contributed by atoms with Gasteiger partial charge in [0.25, 0.3) is 5.91 Å². The number of nitrogens with one attached hydrogen (secondary N) is 2. The Morgan fingerprint density at radius 1 is 1.20 bits per heavy atom. The number of hydrogen-bond donors (Lipinski definition) is 3. The number of aliphatic carboxylic acids is 1. The van der Waals surface area contributed by atoms with Crippen LogP contribution in [0.15, 0.2) is 30.3 Å². The summed E-state index contributed by atoms with van der Waals surface area (Å²) in [6, 6.07) is 7.62. The molecule has 108 valence electrons. The van der Waals surface area contributed by atoms with Crippen molar-refractivity contribution in [3.05, 3.63) is 35.9 Å². The second-order valence-electron chi connectivity index (χ2n) is 4.22. The van der Waals surface area contributed by atoms with E-state index in [0.717, 1.165) is 0 Å². The SMILES string of the molecule is CCNC(=O)C(CCC(=O)O)NC(=O)c1ccccc1. The number of rotatable bonds is 7. The molecule has 0 radical (unpaired) electrons. The molecule has 0 fully saturated rings. The Morgan fingerprint density at radius 2 is 1.85 bits per heavy atom. The van der Waals surface area contributed by atoms with E-state index in [1.807, 2.05) is 0 Å². The number of amides is 2. The first-order chi connectivity index (χ1) is 9.54. The summed E-state index contributed by atoms with van der Waals surface area (Å²) in [4.78, 5) is 34.4. The number of likely N-dealkylation sites (N-methyl/N-ethyl adjacent to an activating group) is 1.